The van der Waals surface area contributed by atoms with Crippen LogP contribution in [0.15, 0.2) is 24.3 Å². The van der Waals surface area contributed by atoms with Crippen LogP contribution in [0.25, 0.3) is 0 Å². The lowest BCUT2D eigenvalue weighted by Gasteiger charge is -2.26. The van der Waals surface area contributed by atoms with Crippen molar-refractivity contribution in [1.29, 1.82) is 0 Å². The number of aryl methyl sites for hydroxylation is 1. The second kappa shape index (κ2) is 5.65. The van der Waals surface area contributed by atoms with Crippen molar-refractivity contribution in [3.8, 4) is 0 Å². The molecule has 0 spiro atoms. The first-order chi connectivity index (χ1) is 8.26. The van der Waals surface area contributed by atoms with Crippen molar-refractivity contribution in [2.24, 2.45) is 5.73 Å². The molecule has 0 aliphatic carbocycles. The molecule has 2 heteroatoms. The van der Waals surface area contributed by atoms with Gasteiger partial charge < -0.3 is 5.73 Å². The highest BCUT2D eigenvalue weighted by atomic mass is 15.2. The maximum absolute atomic E-state index is 6.26. The first-order valence-corrected chi connectivity index (χ1v) is 6.84. The zero-order valence-corrected chi connectivity index (χ0v) is 11.0. The van der Waals surface area contributed by atoms with Crippen molar-refractivity contribution < 1.29 is 0 Å². The van der Waals surface area contributed by atoms with Gasteiger partial charge in [0.2, 0.25) is 0 Å². The number of rotatable bonds is 4. The van der Waals surface area contributed by atoms with Gasteiger partial charge in [0.05, 0.1) is 0 Å². The zero-order chi connectivity index (χ0) is 12.3. The van der Waals surface area contributed by atoms with Crippen LogP contribution in [0.3, 0.4) is 0 Å². The summed E-state index contributed by atoms with van der Waals surface area (Å²) in [6.07, 6.45) is 3.44. The van der Waals surface area contributed by atoms with E-state index in [4.69, 9.17) is 5.73 Å². The molecule has 2 unspecified atom stereocenters. The summed E-state index contributed by atoms with van der Waals surface area (Å²) in [6, 6.07) is 9.74. The summed E-state index contributed by atoms with van der Waals surface area (Å²) >= 11 is 0. The highest BCUT2D eigenvalue weighted by Gasteiger charge is 2.31. The van der Waals surface area contributed by atoms with Crippen LogP contribution < -0.4 is 5.73 Å². The predicted molar refractivity (Wildman–Crippen MR) is 73.0 cm³/mol. The molecule has 17 heavy (non-hydrogen) atoms. The van der Waals surface area contributed by atoms with E-state index < -0.39 is 0 Å². The second-order valence-corrected chi connectivity index (χ2v) is 5.03. The van der Waals surface area contributed by atoms with Gasteiger partial charge in [0.1, 0.15) is 0 Å². The Balaban J connectivity index is 2.17. The van der Waals surface area contributed by atoms with Crippen molar-refractivity contribution in [3.05, 3.63) is 35.4 Å². The Morgan fingerprint density at radius 2 is 1.94 bits per heavy atom. The number of nitrogens with two attached hydrogens (primary N) is 1. The molecule has 2 nitrogen and oxygen atoms in total. The van der Waals surface area contributed by atoms with Crippen molar-refractivity contribution >= 4 is 0 Å². The lowest BCUT2D eigenvalue weighted by atomic mass is 9.99. The molecule has 0 amide bonds. The molecular formula is C15H24N2. The Labute approximate surface area is 105 Å². The molecular weight excluding hydrogens is 208 g/mol. The predicted octanol–water partition coefficient (Wildman–Crippen LogP) is 2.73. The van der Waals surface area contributed by atoms with Crippen LogP contribution in [0.4, 0.5) is 0 Å². The maximum Gasteiger partial charge on any atom is 0.0499 e. The Morgan fingerprint density at radius 1 is 1.24 bits per heavy atom. The van der Waals surface area contributed by atoms with Crippen LogP contribution in [-0.2, 0) is 6.42 Å². The van der Waals surface area contributed by atoms with E-state index in [-0.39, 0.29) is 0 Å². The average Bonchev–Trinajstić information content (AvgIpc) is 2.71. The Hall–Kier alpha value is -0.860. The zero-order valence-electron chi connectivity index (χ0n) is 11.0. The maximum atomic E-state index is 6.26. The second-order valence-electron chi connectivity index (χ2n) is 5.03. The number of benzene rings is 1. The average molecular weight is 232 g/mol. The Morgan fingerprint density at radius 3 is 2.53 bits per heavy atom. The van der Waals surface area contributed by atoms with E-state index in [1.807, 2.05) is 0 Å². The van der Waals surface area contributed by atoms with Gasteiger partial charge in [-0.2, -0.15) is 0 Å². The highest BCUT2D eigenvalue weighted by Crippen LogP contribution is 2.31. The van der Waals surface area contributed by atoms with Gasteiger partial charge in [0.15, 0.2) is 0 Å². The summed E-state index contributed by atoms with van der Waals surface area (Å²) < 4.78 is 0. The van der Waals surface area contributed by atoms with Crippen LogP contribution >= 0.6 is 0 Å². The number of hydrogen-bond donors (Lipinski definition) is 1. The molecule has 0 radical (unpaired) electrons. The molecule has 1 aliphatic rings. The van der Waals surface area contributed by atoms with Crippen molar-refractivity contribution in [3.63, 3.8) is 0 Å². The van der Waals surface area contributed by atoms with Crippen LogP contribution in [0, 0.1) is 0 Å². The molecule has 2 rings (SSSR count). The highest BCUT2D eigenvalue weighted by molar-refractivity contribution is 5.27. The van der Waals surface area contributed by atoms with Gasteiger partial charge in [-0.25, -0.2) is 0 Å². The molecule has 1 aromatic rings. The molecule has 0 saturated carbocycles. The molecule has 1 aromatic carbocycles. The Kier molecular flexibility index (Phi) is 4.19. The largest absolute Gasteiger partial charge is 0.326 e. The summed E-state index contributed by atoms with van der Waals surface area (Å²) in [6.45, 7) is 6.74. The summed E-state index contributed by atoms with van der Waals surface area (Å²) in [5.74, 6) is 0. The van der Waals surface area contributed by atoms with E-state index in [1.54, 1.807) is 0 Å². The van der Waals surface area contributed by atoms with Crippen LogP contribution in [0.2, 0.25) is 0 Å². The van der Waals surface area contributed by atoms with Gasteiger partial charge in [-0.1, -0.05) is 38.1 Å². The van der Waals surface area contributed by atoms with Gasteiger partial charge >= 0.3 is 0 Å². The molecule has 1 heterocycles. The van der Waals surface area contributed by atoms with Crippen molar-refractivity contribution in [2.75, 3.05) is 13.1 Å². The smallest absolute Gasteiger partial charge is 0.0499 e. The lowest BCUT2D eigenvalue weighted by Crippen LogP contribution is -2.32. The topological polar surface area (TPSA) is 29.3 Å². The third-order valence-corrected chi connectivity index (χ3v) is 3.79. The van der Waals surface area contributed by atoms with E-state index in [9.17, 15) is 0 Å². The summed E-state index contributed by atoms with van der Waals surface area (Å²) in [7, 11) is 0. The van der Waals surface area contributed by atoms with Crippen LogP contribution in [0.5, 0.6) is 0 Å². The molecule has 1 fully saturated rings. The molecule has 2 atom stereocenters. The van der Waals surface area contributed by atoms with E-state index in [0.717, 1.165) is 25.9 Å². The SMILES string of the molecule is CCCN1CCC(N)C1c1ccc(CC)cc1. The van der Waals surface area contributed by atoms with Crippen molar-refractivity contribution in [1.82, 2.24) is 4.90 Å². The minimum atomic E-state index is 0.300. The van der Waals surface area contributed by atoms with E-state index >= 15 is 0 Å². The molecule has 2 N–H and O–H groups in total. The number of hydrogen-bond acceptors (Lipinski definition) is 2. The summed E-state index contributed by atoms with van der Waals surface area (Å²) in [5.41, 5.74) is 9.06. The van der Waals surface area contributed by atoms with Crippen LogP contribution in [-0.4, -0.2) is 24.0 Å². The number of nitrogens with zero attached hydrogens (tertiary/aromatic N) is 1. The fraction of sp³-hybridized carbons (Fsp3) is 0.600. The summed E-state index contributed by atoms with van der Waals surface area (Å²) in [4.78, 5) is 2.53. The normalized spacial score (nSPS) is 25.4. The van der Waals surface area contributed by atoms with E-state index in [2.05, 4.69) is 43.0 Å². The number of likely N-dealkylation sites (tertiary alicyclic amines) is 1. The van der Waals surface area contributed by atoms with Crippen LogP contribution in [0.1, 0.15) is 43.9 Å². The fourth-order valence-corrected chi connectivity index (χ4v) is 2.83. The van der Waals surface area contributed by atoms with Gasteiger partial charge in [0.25, 0.3) is 0 Å². The van der Waals surface area contributed by atoms with Gasteiger partial charge in [0, 0.05) is 18.6 Å². The molecule has 0 bridgehead atoms. The van der Waals surface area contributed by atoms with Crippen molar-refractivity contribution in [2.45, 2.75) is 45.2 Å². The lowest BCUT2D eigenvalue weighted by molar-refractivity contribution is 0.248. The van der Waals surface area contributed by atoms with E-state index in [1.165, 1.54) is 17.5 Å². The fourth-order valence-electron chi connectivity index (χ4n) is 2.83. The standard InChI is InChI=1S/C15H24N2/c1-3-10-17-11-9-14(16)15(17)13-7-5-12(4-2)6-8-13/h5-8,14-15H,3-4,9-11,16H2,1-2H3. The summed E-state index contributed by atoms with van der Waals surface area (Å²) in [5, 5.41) is 0. The monoisotopic (exact) mass is 232 g/mol. The third-order valence-electron chi connectivity index (χ3n) is 3.79. The van der Waals surface area contributed by atoms with E-state index in [0.29, 0.717) is 12.1 Å². The minimum Gasteiger partial charge on any atom is -0.326 e. The minimum absolute atomic E-state index is 0.300. The van der Waals surface area contributed by atoms with Gasteiger partial charge in [-0.3, -0.25) is 4.90 Å². The van der Waals surface area contributed by atoms with Gasteiger partial charge in [-0.05, 0) is 36.9 Å². The molecule has 1 aliphatic heterocycles. The molecule has 94 valence electrons. The van der Waals surface area contributed by atoms with Gasteiger partial charge in [-0.15, -0.1) is 0 Å². The molecule has 0 aromatic heterocycles. The Bertz CT molecular complexity index is 342. The first kappa shape index (κ1) is 12.6. The quantitative estimate of drug-likeness (QED) is 0.865. The molecule has 1 saturated heterocycles. The third kappa shape index (κ3) is 2.70. The first-order valence-electron chi connectivity index (χ1n) is 6.84.